The van der Waals surface area contributed by atoms with Crippen molar-refractivity contribution < 1.29 is 0 Å². The second kappa shape index (κ2) is 5.15. The highest BCUT2D eigenvalue weighted by atomic mass is 32.1. The third-order valence-corrected chi connectivity index (χ3v) is 3.60. The van der Waals surface area contributed by atoms with Gasteiger partial charge in [0.25, 0.3) is 0 Å². The molecule has 18 heavy (non-hydrogen) atoms. The molecule has 0 fully saturated rings. The molecule has 0 bridgehead atoms. The number of pyridine rings is 1. The second-order valence-electron chi connectivity index (χ2n) is 4.19. The van der Waals surface area contributed by atoms with E-state index in [4.69, 9.17) is 5.26 Å². The molecule has 0 amide bonds. The standard InChI is InChI=1S/C13H14N4S/c1-8-4-11(6-14)5-12(15-8)17-10(3)13-16-9(2)7-18-13/h4-5,7,10H,1-3H3,(H,15,17). The van der Waals surface area contributed by atoms with Gasteiger partial charge in [-0.25, -0.2) is 9.97 Å². The first-order valence-corrected chi connectivity index (χ1v) is 6.54. The Balaban J connectivity index is 2.19. The Kier molecular flexibility index (Phi) is 3.58. The van der Waals surface area contributed by atoms with Crippen LogP contribution in [0, 0.1) is 25.2 Å². The van der Waals surface area contributed by atoms with Gasteiger partial charge in [0, 0.05) is 16.8 Å². The van der Waals surface area contributed by atoms with E-state index in [1.54, 1.807) is 23.5 Å². The van der Waals surface area contributed by atoms with Crippen LogP contribution in [0.2, 0.25) is 0 Å². The van der Waals surface area contributed by atoms with Crippen molar-refractivity contribution in [3.63, 3.8) is 0 Å². The molecule has 2 aromatic rings. The average Bonchev–Trinajstić information content (AvgIpc) is 2.75. The topological polar surface area (TPSA) is 61.6 Å². The molecule has 0 spiro atoms. The fraction of sp³-hybridized carbons (Fsp3) is 0.308. The highest BCUT2D eigenvalue weighted by Crippen LogP contribution is 2.22. The Morgan fingerprint density at radius 1 is 1.28 bits per heavy atom. The molecule has 0 aliphatic heterocycles. The predicted octanol–water partition coefficient (Wildman–Crippen LogP) is 3.20. The molecular formula is C13H14N4S. The fourth-order valence-corrected chi connectivity index (χ4v) is 2.47. The normalized spacial score (nSPS) is 11.9. The summed E-state index contributed by atoms with van der Waals surface area (Å²) in [5, 5.41) is 15.2. The Hall–Kier alpha value is -1.93. The van der Waals surface area contributed by atoms with Gasteiger partial charge in [0.1, 0.15) is 10.8 Å². The van der Waals surface area contributed by atoms with Crippen LogP contribution < -0.4 is 5.32 Å². The fourth-order valence-electron chi connectivity index (χ4n) is 1.66. The molecule has 0 saturated carbocycles. The Morgan fingerprint density at radius 3 is 2.67 bits per heavy atom. The summed E-state index contributed by atoms with van der Waals surface area (Å²) in [4.78, 5) is 8.80. The third kappa shape index (κ3) is 2.84. The summed E-state index contributed by atoms with van der Waals surface area (Å²) >= 11 is 1.62. The molecular weight excluding hydrogens is 244 g/mol. The van der Waals surface area contributed by atoms with Gasteiger partial charge in [-0.3, -0.25) is 0 Å². The Labute approximate surface area is 110 Å². The van der Waals surface area contributed by atoms with Gasteiger partial charge >= 0.3 is 0 Å². The van der Waals surface area contributed by atoms with Crippen molar-refractivity contribution in [2.24, 2.45) is 0 Å². The molecule has 4 nitrogen and oxygen atoms in total. The van der Waals surface area contributed by atoms with Crippen LogP contribution in [0.25, 0.3) is 0 Å². The average molecular weight is 258 g/mol. The first-order valence-electron chi connectivity index (χ1n) is 5.66. The molecule has 1 atom stereocenters. The number of nitrogens with zero attached hydrogens (tertiary/aromatic N) is 3. The van der Waals surface area contributed by atoms with Crippen molar-refractivity contribution >= 4 is 17.2 Å². The van der Waals surface area contributed by atoms with Crippen molar-refractivity contribution in [2.75, 3.05) is 5.32 Å². The largest absolute Gasteiger partial charge is 0.361 e. The quantitative estimate of drug-likeness (QED) is 0.918. The molecule has 0 saturated heterocycles. The van der Waals surface area contributed by atoms with E-state index in [1.165, 1.54) is 0 Å². The monoisotopic (exact) mass is 258 g/mol. The predicted molar refractivity (Wildman–Crippen MR) is 72.6 cm³/mol. The molecule has 5 heteroatoms. The van der Waals surface area contributed by atoms with Crippen LogP contribution in [-0.2, 0) is 0 Å². The van der Waals surface area contributed by atoms with E-state index in [-0.39, 0.29) is 6.04 Å². The van der Waals surface area contributed by atoms with Crippen LogP contribution in [0.4, 0.5) is 5.82 Å². The minimum absolute atomic E-state index is 0.0875. The van der Waals surface area contributed by atoms with E-state index in [2.05, 4.69) is 21.4 Å². The van der Waals surface area contributed by atoms with Crippen molar-refractivity contribution in [1.82, 2.24) is 9.97 Å². The highest BCUT2D eigenvalue weighted by molar-refractivity contribution is 7.09. The number of nitrogens with one attached hydrogen (secondary N) is 1. The lowest BCUT2D eigenvalue weighted by Gasteiger charge is -2.12. The van der Waals surface area contributed by atoms with E-state index < -0.39 is 0 Å². The maximum absolute atomic E-state index is 8.93. The minimum Gasteiger partial charge on any atom is -0.361 e. The first-order chi connectivity index (χ1) is 8.58. The van der Waals surface area contributed by atoms with Gasteiger partial charge in [-0.05, 0) is 32.9 Å². The zero-order valence-electron chi connectivity index (χ0n) is 10.6. The zero-order chi connectivity index (χ0) is 13.1. The van der Waals surface area contributed by atoms with Crippen LogP contribution in [0.1, 0.15) is 34.9 Å². The van der Waals surface area contributed by atoms with Crippen molar-refractivity contribution in [2.45, 2.75) is 26.8 Å². The third-order valence-electron chi connectivity index (χ3n) is 2.45. The van der Waals surface area contributed by atoms with E-state index in [0.29, 0.717) is 11.4 Å². The SMILES string of the molecule is Cc1cc(C#N)cc(NC(C)c2nc(C)cs2)n1. The van der Waals surface area contributed by atoms with E-state index in [9.17, 15) is 0 Å². The van der Waals surface area contributed by atoms with Gasteiger partial charge in [-0.2, -0.15) is 5.26 Å². The number of nitriles is 1. The summed E-state index contributed by atoms with van der Waals surface area (Å²) in [6, 6.07) is 5.74. The Morgan fingerprint density at radius 2 is 2.06 bits per heavy atom. The van der Waals surface area contributed by atoms with E-state index in [0.717, 1.165) is 16.4 Å². The molecule has 0 aliphatic rings. The number of thiazole rings is 1. The summed E-state index contributed by atoms with van der Waals surface area (Å²) in [7, 11) is 0. The van der Waals surface area contributed by atoms with E-state index in [1.807, 2.05) is 26.2 Å². The number of hydrogen-bond acceptors (Lipinski definition) is 5. The van der Waals surface area contributed by atoms with Gasteiger partial charge in [-0.1, -0.05) is 0 Å². The van der Waals surface area contributed by atoms with Gasteiger partial charge < -0.3 is 5.32 Å². The maximum atomic E-state index is 8.93. The summed E-state index contributed by atoms with van der Waals surface area (Å²) in [5.41, 5.74) is 2.48. The summed E-state index contributed by atoms with van der Waals surface area (Å²) in [6.07, 6.45) is 0. The van der Waals surface area contributed by atoms with Crippen molar-refractivity contribution in [3.05, 3.63) is 39.5 Å². The lowest BCUT2D eigenvalue weighted by molar-refractivity contribution is 0.853. The second-order valence-corrected chi connectivity index (χ2v) is 5.08. The van der Waals surface area contributed by atoms with Gasteiger partial charge in [0.2, 0.25) is 0 Å². The van der Waals surface area contributed by atoms with E-state index >= 15 is 0 Å². The van der Waals surface area contributed by atoms with Crippen molar-refractivity contribution in [3.8, 4) is 6.07 Å². The molecule has 1 N–H and O–H groups in total. The van der Waals surface area contributed by atoms with Crippen LogP contribution in [0.15, 0.2) is 17.5 Å². The molecule has 0 radical (unpaired) electrons. The summed E-state index contributed by atoms with van der Waals surface area (Å²) < 4.78 is 0. The highest BCUT2D eigenvalue weighted by Gasteiger charge is 2.10. The maximum Gasteiger partial charge on any atom is 0.128 e. The molecule has 2 rings (SSSR count). The molecule has 1 unspecified atom stereocenters. The number of rotatable bonds is 3. The van der Waals surface area contributed by atoms with Gasteiger partial charge in [0.15, 0.2) is 0 Å². The first kappa shape index (κ1) is 12.5. The van der Waals surface area contributed by atoms with Crippen molar-refractivity contribution in [1.29, 1.82) is 5.26 Å². The summed E-state index contributed by atoms with van der Waals surface area (Å²) in [6.45, 7) is 5.89. The zero-order valence-corrected chi connectivity index (χ0v) is 11.4. The number of aromatic nitrogens is 2. The summed E-state index contributed by atoms with van der Waals surface area (Å²) in [5.74, 6) is 0.715. The molecule has 0 aromatic carbocycles. The van der Waals surface area contributed by atoms with Crippen LogP contribution in [0.5, 0.6) is 0 Å². The van der Waals surface area contributed by atoms with Crippen LogP contribution in [0.3, 0.4) is 0 Å². The van der Waals surface area contributed by atoms with Gasteiger partial charge in [-0.15, -0.1) is 11.3 Å². The van der Waals surface area contributed by atoms with Crippen LogP contribution >= 0.6 is 11.3 Å². The molecule has 92 valence electrons. The lowest BCUT2D eigenvalue weighted by atomic mass is 10.2. The number of anilines is 1. The minimum atomic E-state index is 0.0875. The molecule has 0 aliphatic carbocycles. The number of hydrogen-bond donors (Lipinski definition) is 1. The molecule has 2 aromatic heterocycles. The number of aryl methyl sites for hydroxylation is 2. The van der Waals surface area contributed by atoms with Gasteiger partial charge in [0.05, 0.1) is 17.7 Å². The lowest BCUT2D eigenvalue weighted by Crippen LogP contribution is -2.08. The Bertz CT molecular complexity index is 597. The van der Waals surface area contributed by atoms with Crippen LogP contribution in [-0.4, -0.2) is 9.97 Å². The smallest absolute Gasteiger partial charge is 0.128 e. The molecule has 2 heterocycles.